The molecule has 0 aromatic carbocycles. The zero-order valence-electron chi connectivity index (χ0n) is 17.8. The number of thiophene rings is 1. The topological polar surface area (TPSA) is 83.0 Å². The predicted octanol–water partition coefficient (Wildman–Crippen LogP) is 4.86. The van der Waals surface area contributed by atoms with Gasteiger partial charge in [0, 0.05) is 30.6 Å². The summed E-state index contributed by atoms with van der Waals surface area (Å²) < 4.78 is 12.7. The van der Waals surface area contributed by atoms with E-state index in [4.69, 9.17) is 14.2 Å². The molecule has 0 saturated heterocycles. The highest BCUT2D eigenvalue weighted by Crippen LogP contribution is 2.35. The van der Waals surface area contributed by atoms with Gasteiger partial charge < -0.3 is 9.26 Å². The molecule has 0 spiro atoms. The Morgan fingerprint density at radius 2 is 2.00 bits per heavy atom. The molecule has 3 heterocycles. The molecule has 29 heavy (non-hydrogen) atoms. The molecule has 0 bridgehead atoms. The van der Waals surface area contributed by atoms with E-state index in [0.29, 0.717) is 36.6 Å². The van der Waals surface area contributed by atoms with Gasteiger partial charge in [0.15, 0.2) is 11.0 Å². The lowest BCUT2D eigenvalue weighted by molar-refractivity contribution is 0.140. The molecule has 3 rings (SSSR count). The summed E-state index contributed by atoms with van der Waals surface area (Å²) in [5, 5.41) is 5.34. The van der Waals surface area contributed by atoms with E-state index in [0.717, 1.165) is 27.1 Å². The number of rotatable bonds is 9. The van der Waals surface area contributed by atoms with Crippen LogP contribution in [-0.2, 0) is 11.3 Å². The van der Waals surface area contributed by atoms with Crippen molar-refractivity contribution in [3.63, 3.8) is 0 Å². The van der Waals surface area contributed by atoms with E-state index in [2.05, 4.69) is 10.1 Å². The maximum Gasteiger partial charge on any atom is 0.263 e. The Morgan fingerprint density at radius 1 is 1.24 bits per heavy atom. The van der Waals surface area contributed by atoms with Crippen LogP contribution in [0.2, 0.25) is 0 Å². The normalized spacial score (nSPS) is 12.9. The lowest BCUT2D eigenvalue weighted by atomic mass is 10.2. The molecular weight excluding hydrogens is 408 g/mol. The monoisotopic (exact) mass is 436 g/mol. The molecule has 1 unspecified atom stereocenters. The average molecular weight is 437 g/mol. The number of aromatic nitrogens is 4. The van der Waals surface area contributed by atoms with Gasteiger partial charge in [-0.25, -0.2) is 4.98 Å². The van der Waals surface area contributed by atoms with E-state index in [1.807, 2.05) is 41.5 Å². The summed E-state index contributed by atoms with van der Waals surface area (Å²) in [6, 6.07) is 0. The molecule has 0 fully saturated rings. The van der Waals surface area contributed by atoms with Crippen LogP contribution in [0.3, 0.4) is 0 Å². The van der Waals surface area contributed by atoms with Crippen molar-refractivity contribution in [2.75, 3.05) is 13.2 Å². The van der Waals surface area contributed by atoms with Gasteiger partial charge in [0.05, 0.1) is 10.6 Å². The van der Waals surface area contributed by atoms with Crippen molar-refractivity contribution < 1.29 is 9.26 Å². The summed E-state index contributed by atoms with van der Waals surface area (Å²) in [4.78, 5) is 24.5. The second kappa shape index (κ2) is 9.40. The molecule has 7 nitrogen and oxygen atoms in total. The van der Waals surface area contributed by atoms with E-state index >= 15 is 0 Å². The van der Waals surface area contributed by atoms with Gasteiger partial charge in [0.25, 0.3) is 5.56 Å². The molecule has 9 heteroatoms. The number of ether oxygens (including phenoxy) is 1. The van der Waals surface area contributed by atoms with Gasteiger partial charge in [-0.3, -0.25) is 9.36 Å². The Balaban J connectivity index is 1.96. The van der Waals surface area contributed by atoms with Crippen LogP contribution >= 0.6 is 23.1 Å². The number of thioether (sulfide) groups is 1. The number of nitrogens with zero attached hydrogens (tertiary/aromatic N) is 4. The fourth-order valence-corrected chi connectivity index (χ4v) is 4.96. The quantitative estimate of drug-likeness (QED) is 0.269. The van der Waals surface area contributed by atoms with Crippen molar-refractivity contribution in [2.24, 2.45) is 0 Å². The Morgan fingerprint density at radius 3 is 2.66 bits per heavy atom. The molecule has 3 aromatic heterocycles. The Labute approximate surface area is 178 Å². The predicted molar refractivity (Wildman–Crippen MR) is 117 cm³/mol. The second-order valence-electron chi connectivity index (χ2n) is 7.27. The lowest BCUT2D eigenvalue weighted by Gasteiger charge is -2.14. The largest absolute Gasteiger partial charge is 0.382 e. The van der Waals surface area contributed by atoms with E-state index in [1.165, 1.54) is 11.8 Å². The maximum atomic E-state index is 13.3. The van der Waals surface area contributed by atoms with Crippen LogP contribution in [0.5, 0.6) is 0 Å². The third-order valence-electron chi connectivity index (χ3n) is 4.73. The minimum atomic E-state index is -0.111. The number of fused-ring (bicyclic) bond motifs is 1. The van der Waals surface area contributed by atoms with Crippen LogP contribution < -0.4 is 5.56 Å². The number of aryl methyl sites for hydroxylation is 2. The van der Waals surface area contributed by atoms with E-state index in [9.17, 15) is 4.79 Å². The van der Waals surface area contributed by atoms with Crippen molar-refractivity contribution in [3.05, 3.63) is 32.5 Å². The summed E-state index contributed by atoms with van der Waals surface area (Å²) >= 11 is 3.04. The zero-order chi connectivity index (χ0) is 21.1. The number of hydrogen-bond donors (Lipinski definition) is 0. The third kappa shape index (κ3) is 4.73. The Hall–Kier alpha value is -1.71. The lowest BCUT2D eigenvalue weighted by Crippen LogP contribution is -2.24. The molecule has 0 amide bonds. The van der Waals surface area contributed by atoms with E-state index in [1.54, 1.807) is 15.9 Å². The summed E-state index contributed by atoms with van der Waals surface area (Å²) in [6.45, 7) is 13.9. The second-order valence-corrected chi connectivity index (χ2v) is 9.78. The molecule has 0 aliphatic heterocycles. The van der Waals surface area contributed by atoms with Gasteiger partial charge in [-0.15, -0.1) is 11.3 Å². The Bertz CT molecular complexity index is 1040. The molecule has 0 aliphatic carbocycles. The van der Waals surface area contributed by atoms with Gasteiger partial charge >= 0.3 is 0 Å². The third-order valence-corrected chi connectivity index (χ3v) is 6.91. The standard InChI is InChI=1S/C20H28N4O3S2/c1-7-26-10-8-9-24-19(25)15-12(4)13(5)28-18(15)22-20(24)29-14(6)17-21-16(11(2)3)23-27-17/h11,14H,7-10H2,1-6H3. The summed E-state index contributed by atoms with van der Waals surface area (Å²) in [7, 11) is 0. The molecule has 0 N–H and O–H groups in total. The average Bonchev–Trinajstić information content (AvgIpc) is 3.27. The number of hydrogen-bond acceptors (Lipinski definition) is 8. The van der Waals surface area contributed by atoms with Gasteiger partial charge in [0.1, 0.15) is 4.83 Å². The summed E-state index contributed by atoms with van der Waals surface area (Å²) in [5.74, 6) is 1.44. The van der Waals surface area contributed by atoms with Crippen molar-refractivity contribution in [1.82, 2.24) is 19.7 Å². The van der Waals surface area contributed by atoms with Crippen molar-refractivity contribution in [3.8, 4) is 0 Å². The summed E-state index contributed by atoms with van der Waals surface area (Å²) in [5.41, 5.74) is 1.03. The van der Waals surface area contributed by atoms with Gasteiger partial charge in [0.2, 0.25) is 5.89 Å². The minimum Gasteiger partial charge on any atom is -0.382 e. The maximum absolute atomic E-state index is 13.3. The fraction of sp³-hybridized carbons (Fsp3) is 0.600. The van der Waals surface area contributed by atoms with Crippen molar-refractivity contribution in [1.29, 1.82) is 0 Å². The molecular formula is C20H28N4O3S2. The molecule has 0 aliphatic rings. The van der Waals surface area contributed by atoms with Crippen LogP contribution in [-0.4, -0.2) is 32.9 Å². The molecule has 158 valence electrons. The molecule has 0 saturated carbocycles. The summed E-state index contributed by atoms with van der Waals surface area (Å²) in [6.07, 6.45) is 0.753. The molecule has 0 radical (unpaired) electrons. The highest BCUT2D eigenvalue weighted by atomic mass is 32.2. The first-order valence-corrected chi connectivity index (χ1v) is 11.6. The van der Waals surface area contributed by atoms with Crippen molar-refractivity contribution >= 4 is 33.3 Å². The first-order chi connectivity index (χ1) is 13.8. The van der Waals surface area contributed by atoms with E-state index < -0.39 is 0 Å². The smallest absolute Gasteiger partial charge is 0.263 e. The first-order valence-electron chi connectivity index (χ1n) is 9.91. The van der Waals surface area contributed by atoms with Gasteiger partial charge in [-0.1, -0.05) is 30.8 Å². The molecule has 1 atom stereocenters. The van der Waals surface area contributed by atoms with Crippen LogP contribution in [0.15, 0.2) is 14.5 Å². The van der Waals surface area contributed by atoms with Crippen LogP contribution in [0.1, 0.15) is 67.4 Å². The fourth-order valence-electron chi connectivity index (χ4n) is 2.92. The highest BCUT2D eigenvalue weighted by molar-refractivity contribution is 7.99. The zero-order valence-corrected chi connectivity index (χ0v) is 19.4. The van der Waals surface area contributed by atoms with Crippen LogP contribution in [0.25, 0.3) is 10.2 Å². The van der Waals surface area contributed by atoms with Crippen LogP contribution in [0, 0.1) is 13.8 Å². The van der Waals surface area contributed by atoms with E-state index in [-0.39, 0.29) is 16.7 Å². The first kappa shape index (κ1) is 22.0. The highest BCUT2D eigenvalue weighted by Gasteiger charge is 2.22. The Kier molecular flexibility index (Phi) is 7.13. The molecule has 3 aromatic rings. The van der Waals surface area contributed by atoms with Gasteiger partial charge in [-0.2, -0.15) is 4.98 Å². The van der Waals surface area contributed by atoms with Gasteiger partial charge in [-0.05, 0) is 39.7 Å². The van der Waals surface area contributed by atoms with Crippen LogP contribution in [0.4, 0.5) is 0 Å². The SMILES string of the molecule is CCOCCCn1c(SC(C)c2nc(C(C)C)no2)nc2sc(C)c(C)c2c1=O. The van der Waals surface area contributed by atoms with Crippen molar-refractivity contribution in [2.45, 2.75) is 70.8 Å². The minimum absolute atomic E-state index is 0.0106.